The summed E-state index contributed by atoms with van der Waals surface area (Å²) in [5, 5.41) is 14.2. The molecule has 19 heavy (non-hydrogen) atoms. The Labute approximate surface area is 114 Å². The van der Waals surface area contributed by atoms with Crippen molar-refractivity contribution in [1.29, 1.82) is 0 Å². The zero-order valence-electron chi connectivity index (χ0n) is 9.84. The minimum absolute atomic E-state index is 0.183. The largest absolute Gasteiger partial charge is 0.461 e. The second-order valence-corrected chi connectivity index (χ2v) is 4.42. The van der Waals surface area contributed by atoms with Crippen molar-refractivity contribution >= 4 is 11.6 Å². The summed E-state index contributed by atoms with van der Waals surface area (Å²) in [7, 11) is 0. The van der Waals surface area contributed by atoms with Gasteiger partial charge < -0.3 is 14.0 Å². The third-order valence-corrected chi connectivity index (χ3v) is 3.06. The zero-order chi connectivity index (χ0) is 13.2. The Hall–Kier alpha value is -2.04. The monoisotopic (exact) mass is 275 g/mol. The molecule has 0 aliphatic carbocycles. The zero-order valence-corrected chi connectivity index (χ0v) is 10.6. The summed E-state index contributed by atoms with van der Waals surface area (Å²) < 4.78 is 10.5. The van der Waals surface area contributed by atoms with Gasteiger partial charge in [-0.2, -0.15) is 0 Å². The maximum absolute atomic E-state index is 9.54. The van der Waals surface area contributed by atoms with Crippen molar-refractivity contribution in [2.75, 3.05) is 0 Å². The van der Waals surface area contributed by atoms with Crippen LogP contribution in [0, 0.1) is 0 Å². The Bertz CT molecular complexity index is 671. The van der Waals surface area contributed by atoms with Gasteiger partial charge in [0.25, 0.3) is 0 Å². The van der Waals surface area contributed by atoms with Crippen molar-refractivity contribution in [3.05, 3.63) is 53.2 Å². The Kier molecular flexibility index (Phi) is 3.11. The van der Waals surface area contributed by atoms with E-state index < -0.39 is 0 Å². The van der Waals surface area contributed by atoms with E-state index in [1.807, 2.05) is 12.1 Å². The molecule has 1 aromatic carbocycles. The molecule has 4 nitrogen and oxygen atoms in total. The summed E-state index contributed by atoms with van der Waals surface area (Å²) in [5.41, 5.74) is 2.01. The summed E-state index contributed by atoms with van der Waals surface area (Å²) in [5.74, 6) is 0.981. The van der Waals surface area contributed by atoms with Crippen LogP contribution < -0.4 is 0 Å². The Morgan fingerprint density at radius 2 is 1.95 bits per heavy atom. The van der Waals surface area contributed by atoms with Crippen LogP contribution in [0.25, 0.3) is 22.8 Å². The molecule has 5 heteroatoms. The number of hydrogen-bond donors (Lipinski definition) is 1. The molecule has 0 fully saturated rings. The standard InChI is InChI=1S/C14H10ClNO3/c15-10-5-3-9(4-6-10)13-11(8-17)14(19-16-13)12-2-1-7-18-12/h1-7,17H,8H2. The van der Waals surface area contributed by atoms with Crippen LogP contribution in [-0.4, -0.2) is 10.3 Å². The molecule has 0 aliphatic heterocycles. The van der Waals surface area contributed by atoms with Crippen LogP contribution in [0.15, 0.2) is 51.6 Å². The predicted molar refractivity (Wildman–Crippen MR) is 70.6 cm³/mol. The van der Waals surface area contributed by atoms with E-state index in [2.05, 4.69) is 5.16 Å². The van der Waals surface area contributed by atoms with E-state index in [-0.39, 0.29) is 6.61 Å². The number of aliphatic hydroxyl groups excluding tert-OH is 1. The Balaban J connectivity index is 2.10. The van der Waals surface area contributed by atoms with Gasteiger partial charge in [-0.15, -0.1) is 0 Å². The number of benzene rings is 1. The lowest BCUT2D eigenvalue weighted by atomic mass is 10.1. The van der Waals surface area contributed by atoms with Crippen LogP contribution >= 0.6 is 11.6 Å². The normalized spacial score (nSPS) is 10.8. The number of aromatic nitrogens is 1. The summed E-state index contributed by atoms with van der Waals surface area (Å²) in [6.07, 6.45) is 1.54. The van der Waals surface area contributed by atoms with Crippen molar-refractivity contribution in [2.45, 2.75) is 6.61 Å². The lowest BCUT2D eigenvalue weighted by Crippen LogP contribution is -1.88. The van der Waals surface area contributed by atoms with E-state index in [0.717, 1.165) is 5.56 Å². The van der Waals surface area contributed by atoms with Gasteiger partial charge in [-0.1, -0.05) is 28.9 Å². The van der Waals surface area contributed by atoms with E-state index in [1.165, 1.54) is 0 Å². The number of halogens is 1. The number of rotatable bonds is 3. The van der Waals surface area contributed by atoms with Crippen LogP contribution in [0.2, 0.25) is 5.02 Å². The van der Waals surface area contributed by atoms with Gasteiger partial charge in [0.05, 0.1) is 18.4 Å². The van der Waals surface area contributed by atoms with Gasteiger partial charge in [-0.25, -0.2) is 0 Å². The molecule has 2 heterocycles. The summed E-state index contributed by atoms with van der Waals surface area (Å²) in [6, 6.07) is 10.7. The summed E-state index contributed by atoms with van der Waals surface area (Å²) in [4.78, 5) is 0. The van der Waals surface area contributed by atoms with Gasteiger partial charge in [0, 0.05) is 10.6 Å². The molecule has 0 saturated carbocycles. The number of hydrogen-bond acceptors (Lipinski definition) is 4. The van der Waals surface area contributed by atoms with Crippen molar-refractivity contribution in [3.8, 4) is 22.8 Å². The van der Waals surface area contributed by atoms with Crippen LogP contribution in [0.1, 0.15) is 5.56 Å². The van der Waals surface area contributed by atoms with E-state index >= 15 is 0 Å². The highest BCUT2D eigenvalue weighted by atomic mass is 35.5. The third kappa shape index (κ3) is 2.16. The fourth-order valence-electron chi connectivity index (χ4n) is 1.89. The SMILES string of the molecule is OCc1c(-c2ccc(Cl)cc2)noc1-c1ccco1. The molecule has 3 rings (SSSR count). The number of aliphatic hydroxyl groups is 1. The van der Waals surface area contributed by atoms with Crippen LogP contribution in [0.4, 0.5) is 0 Å². The first-order valence-electron chi connectivity index (χ1n) is 5.69. The number of nitrogens with zero attached hydrogens (tertiary/aromatic N) is 1. The molecule has 1 N–H and O–H groups in total. The lowest BCUT2D eigenvalue weighted by molar-refractivity contribution is 0.281. The minimum Gasteiger partial charge on any atom is -0.461 e. The van der Waals surface area contributed by atoms with Crippen LogP contribution in [-0.2, 0) is 6.61 Å². The lowest BCUT2D eigenvalue weighted by Gasteiger charge is -1.99. The topological polar surface area (TPSA) is 59.4 Å². The van der Waals surface area contributed by atoms with E-state index in [1.54, 1.807) is 30.5 Å². The first-order valence-corrected chi connectivity index (χ1v) is 6.06. The van der Waals surface area contributed by atoms with Crippen molar-refractivity contribution in [1.82, 2.24) is 5.16 Å². The predicted octanol–water partition coefficient (Wildman–Crippen LogP) is 3.75. The molecule has 3 aromatic rings. The molecule has 0 saturated heterocycles. The van der Waals surface area contributed by atoms with E-state index in [9.17, 15) is 5.11 Å². The van der Waals surface area contributed by atoms with E-state index in [0.29, 0.717) is 27.8 Å². The molecule has 2 aromatic heterocycles. The van der Waals surface area contributed by atoms with Gasteiger partial charge >= 0.3 is 0 Å². The van der Waals surface area contributed by atoms with Gasteiger partial charge in [0.15, 0.2) is 5.76 Å². The maximum Gasteiger partial charge on any atom is 0.208 e. The number of furan rings is 1. The van der Waals surface area contributed by atoms with Crippen LogP contribution in [0.5, 0.6) is 0 Å². The minimum atomic E-state index is -0.183. The average molecular weight is 276 g/mol. The second kappa shape index (κ2) is 4.91. The fraction of sp³-hybridized carbons (Fsp3) is 0.0714. The smallest absolute Gasteiger partial charge is 0.208 e. The molecule has 0 bridgehead atoms. The molecule has 0 unspecified atom stereocenters. The third-order valence-electron chi connectivity index (χ3n) is 2.81. The summed E-state index contributed by atoms with van der Waals surface area (Å²) in [6.45, 7) is -0.183. The molecule has 0 amide bonds. The quantitative estimate of drug-likeness (QED) is 0.791. The van der Waals surface area contributed by atoms with Gasteiger partial charge in [-0.3, -0.25) is 0 Å². The van der Waals surface area contributed by atoms with Crippen molar-refractivity contribution in [3.63, 3.8) is 0 Å². The summed E-state index contributed by atoms with van der Waals surface area (Å²) >= 11 is 5.85. The molecule has 96 valence electrons. The van der Waals surface area contributed by atoms with Crippen molar-refractivity contribution < 1.29 is 14.0 Å². The van der Waals surface area contributed by atoms with Gasteiger partial charge in [0.1, 0.15) is 5.69 Å². The Morgan fingerprint density at radius 3 is 2.58 bits per heavy atom. The highest BCUT2D eigenvalue weighted by Crippen LogP contribution is 2.32. The highest BCUT2D eigenvalue weighted by molar-refractivity contribution is 6.30. The molecule has 0 aliphatic rings. The van der Waals surface area contributed by atoms with Gasteiger partial charge in [0.2, 0.25) is 5.76 Å². The fourth-order valence-corrected chi connectivity index (χ4v) is 2.02. The Morgan fingerprint density at radius 1 is 1.16 bits per heavy atom. The van der Waals surface area contributed by atoms with E-state index in [4.69, 9.17) is 20.5 Å². The first-order chi connectivity index (χ1) is 9.29. The van der Waals surface area contributed by atoms with Gasteiger partial charge in [-0.05, 0) is 24.3 Å². The molecule has 0 atom stereocenters. The molecular formula is C14H10ClNO3. The molecule has 0 radical (unpaired) electrons. The highest BCUT2D eigenvalue weighted by Gasteiger charge is 2.19. The molecular weight excluding hydrogens is 266 g/mol. The second-order valence-electron chi connectivity index (χ2n) is 3.98. The maximum atomic E-state index is 9.54. The average Bonchev–Trinajstić information content (AvgIpc) is 3.08. The van der Waals surface area contributed by atoms with Crippen LogP contribution in [0.3, 0.4) is 0 Å². The first kappa shape index (κ1) is 12.0. The molecule has 0 spiro atoms. The van der Waals surface area contributed by atoms with Crippen molar-refractivity contribution in [2.24, 2.45) is 0 Å².